The lowest BCUT2D eigenvalue weighted by atomic mass is 10.2. The van der Waals surface area contributed by atoms with Crippen molar-refractivity contribution in [3.05, 3.63) is 46.1 Å². The summed E-state index contributed by atoms with van der Waals surface area (Å²) >= 11 is 5.55. The van der Waals surface area contributed by atoms with Gasteiger partial charge in [-0.25, -0.2) is 4.09 Å². The van der Waals surface area contributed by atoms with Crippen molar-refractivity contribution in [3.8, 4) is 5.88 Å². The summed E-state index contributed by atoms with van der Waals surface area (Å²) in [5, 5.41) is 15.1. The topological polar surface area (TPSA) is 70.2 Å². The van der Waals surface area contributed by atoms with E-state index in [9.17, 15) is 10.1 Å². The van der Waals surface area contributed by atoms with Gasteiger partial charge in [0.15, 0.2) is 0 Å². The van der Waals surface area contributed by atoms with E-state index in [1.807, 2.05) is 13.0 Å². The van der Waals surface area contributed by atoms with Crippen LogP contribution in [0.25, 0.3) is 0 Å². The molecule has 0 radical (unpaired) electrons. The molecule has 0 aliphatic heterocycles. The first-order chi connectivity index (χ1) is 9.61. The van der Waals surface area contributed by atoms with Gasteiger partial charge in [-0.15, -0.1) is 16.9 Å². The van der Waals surface area contributed by atoms with Gasteiger partial charge in [0.1, 0.15) is 6.61 Å². The Kier molecular flexibility index (Phi) is 4.91. The fourth-order valence-corrected chi connectivity index (χ4v) is 2.66. The molecule has 0 saturated carbocycles. The minimum atomic E-state index is -0.393. The van der Waals surface area contributed by atoms with Crippen LogP contribution >= 0.6 is 24.6 Å². The van der Waals surface area contributed by atoms with Crippen molar-refractivity contribution in [3.63, 3.8) is 0 Å². The molecule has 106 valence electrons. The zero-order chi connectivity index (χ0) is 14.5. The summed E-state index contributed by atoms with van der Waals surface area (Å²) in [6, 6.07) is 6.67. The van der Waals surface area contributed by atoms with Crippen LogP contribution in [0.1, 0.15) is 12.5 Å². The Labute approximate surface area is 125 Å². The number of benzene rings is 1. The highest BCUT2D eigenvalue weighted by atomic mass is 32.2. The molecule has 6 nitrogen and oxygen atoms in total. The van der Waals surface area contributed by atoms with E-state index in [-0.39, 0.29) is 12.3 Å². The summed E-state index contributed by atoms with van der Waals surface area (Å²) in [4.78, 5) is 11.6. The van der Waals surface area contributed by atoms with Gasteiger partial charge in [-0.3, -0.25) is 10.1 Å². The van der Waals surface area contributed by atoms with Crippen LogP contribution in [-0.4, -0.2) is 19.9 Å². The number of nitro benzene ring substituents is 1. The molecule has 1 aromatic carbocycles. The largest absolute Gasteiger partial charge is 0.471 e. The quantitative estimate of drug-likeness (QED) is 0.384. The molecule has 0 N–H and O–H groups in total. The van der Waals surface area contributed by atoms with Gasteiger partial charge in [0.25, 0.3) is 5.69 Å². The van der Waals surface area contributed by atoms with E-state index in [1.54, 1.807) is 30.1 Å². The summed E-state index contributed by atoms with van der Waals surface area (Å²) < 4.78 is 6.81. The molecule has 0 unspecified atom stereocenters. The van der Waals surface area contributed by atoms with Crippen LogP contribution in [0.4, 0.5) is 5.69 Å². The number of hydrogen-bond donors (Lipinski definition) is 1. The molecule has 0 atom stereocenters. The smallest absolute Gasteiger partial charge is 0.277 e. The molecule has 20 heavy (non-hydrogen) atoms. The SMILES string of the molecule is CCSc1cccc([N+](=O)[O-])c1COc1ccn(S)n1. The zero-order valence-corrected chi connectivity index (χ0v) is 12.4. The Hall–Kier alpha value is -1.67. The second kappa shape index (κ2) is 6.67. The van der Waals surface area contributed by atoms with E-state index in [0.717, 1.165) is 10.6 Å². The fourth-order valence-electron chi connectivity index (χ4n) is 1.68. The normalized spacial score (nSPS) is 10.5. The van der Waals surface area contributed by atoms with Crippen LogP contribution in [0.3, 0.4) is 0 Å². The molecule has 1 aromatic heterocycles. The second-order valence-electron chi connectivity index (χ2n) is 3.81. The number of aromatic nitrogens is 2. The summed E-state index contributed by atoms with van der Waals surface area (Å²) in [5.41, 5.74) is 0.631. The second-order valence-corrected chi connectivity index (χ2v) is 5.52. The lowest BCUT2D eigenvalue weighted by Gasteiger charge is -2.09. The van der Waals surface area contributed by atoms with Crippen molar-refractivity contribution in [2.45, 2.75) is 18.4 Å². The molecule has 2 aromatic rings. The molecule has 0 aliphatic carbocycles. The minimum absolute atomic E-state index is 0.0637. The predicted octanol–water partition coefficient (Wildman–Crippen LogP) is 3.18. The molecule has 1 heterocycles. The Morgan fingerprint density at radius 3 is 2.90 bits per heavy atom. The molecule has 2 rings (SSSR count). The highest BCUT2D eigenvalue weighted by molar-refractivity contribution is 7.99. The van der Waals surface area contributed by atoms with E-state index in [0.29, 0.717) is 11.4 Å². The van der Waals surface area contributed by atoms with Gasteiger partial charge in [-0.1, -0.05) is 13.0 Å². The summed E-state index contributed by atoms with van der Waals surface area (Å²) in [5.74, 6) is 1.21. The van der Waals surface area contributed by atoms with Gasteiger partial charge in [0, 0.05) is 23.2 Å². The highest BCUT2D eigenvalue weighted by Gasteiger charge is 2.18. The number of nitro groups is 1. The molecule has 0 spiro atoms. The Morgan fingerprint density at radius 2 is 2.30 bits per heavy atom. The lowest BCUT2D eigenvalue weighted by molar-refractivity contribution is -0.386. The van der Waals surface area contributed by atoms with Gasteiger partial charge in [-0.05, 0) is 24.6 Å². The number of thioether (sulfide) groups is 1. The first-order valence-electron chi connectivity index (χ1n) is 5.88. The molecular formula is C12H13N3O3S2. The first kappa shape index (κ1) is 14.7. The van der Waals surface area contributed by atoms with Gasteiger partial charge in [0.05, 0.1) is 10.5 Å². The van der Waals surface area contributed by atoms with Crippen LogP contribution in [0.15, 0.2) is 35.4 Å². The van der Waals surface area contributed by atoms with Crippen LogP contribution in [0.5, 0.6) is 5.88 Å². The van der Waals surface area contributed by atoms with Crippen LogP contribution < -0.4 is 4.74 Å². The third-order valence-electron chi connectivity index (χ3n) is 2.52. The van der Waals surface area contributed by atoms with Crippen molar-refractivity contribution >= 4 is 30.3 Å². The van der Waals surface area contributed by atoms with Crippen molar-refractivity contribution in [2.75, 3.05) is 5.75 Å². The van der Waals surface area contributed by atoms with Crippen LogP contribution in [0, 0.1) is 10.1 Å². The number of rotatable bonds is 6. The summed E-state index contributed by atoms with van der Waals surface area (Å²) in [7, 11) is 0. The van der Waals surface area contributed by atoms with Gasteiger partial charge in [0.2, 0.25) is 5.88 Å². The lowest BCUT2D eigenvalue weighted by Crippen LogP contribution is -2.03. The monoisotopic (exact) mass is 311 g/mol. The number of thiol groups is 1. The Balaban J connectivity index is 2.25. The van der Waals surface area contributed by atoms with Crippen LogP contribution in [0.2, 0.25) is 0 Å². The maximum atomic E-state index is 11.1. The van der Waals surface area contributed by atoms with E-state index in [2.05, 4.69) is 17.9 Å². The number of ether oxygens (including phenoxy) is 1. The molecule has 0 saturated heterocycles. The summed E-state index contributed by atoms with van der Waals surface area (Å²) in [6.45, 7) is 2.10. The van der Waals surface area contributed by atoms with Crippen molar-refractivity contribution in [2.24, 2.45) is 0 Å². The third kappa shape index (κ3) is 3.45. The Bertz CT molecular complexity index is 616. The van der Waals surface area contributed by atoms with E-state index < -0.39 is 4.92 Å². The molecule has 0 bridgehead atoms. The Morgan fingerprint density at radius 1 is 1.50 bits per heavy atom. The number of nitrogens with zero attached hydrogens (tertiary/aromatic N) is 3. The van der Waals surface area contributed by atoms with Crippen molar-refractivity contribution in [1.29, 1.82) is 0 Å². The maximum Gasteiger partial charge on any atom is 0.277 e. The number of hydrogen-bond acceptors (Lipinski definition) is 6. The standard InChI is InChI=1S/C12H13N3O3S2/c1-2-20-11-5-3-4-10(15(16)17)9(11)8-18-12-6-7-14(19)13-12/h3-7,19H,2,8H2,1H3. The average Bonchev–Trinajstić information content (AvgIpc) is 2.83. The first-order valence-corrected chi connectivity index (χ1v) is 7.27. The average molecular weight is 311 g/mol. The van der Waals surface area contributed by atoms with E-state index in [1.165, 1.54) is 10.2 Å². The van der Waals surface area contributed by atoms with Crippen molar-refractivity contribution in [1.82, 2.24) is 9.19 Å². The molecule has 8 heteroatoms. The van der Waals surface area contributed by atoms with Gasteiger partial charge >= 0.3 is 0 Å². The van der Waals surface area contributed by atoms with Gasteiger partial charge in [-0.2, -0.15) is 0 Å². The van der Waals surface area contributed by atoms with E-state index in [4.69, 9.17) is 4.74 Å². The predicted molar refractivity (Wildman–Crippen MR) is 80.4 cm³/mol. The highest BCUT2D eigenvalue weighted by Crippen LogP contribution is 2.30. The minimum Gasteiger partial charge on any atom is -0.471 e. The maximum absolute atomic E-state index is 11.1. The third-order valence-corrected chi connectivity index (χ3v) is 3.73. The summed E-state index contributed by atoms with van der Waals surface area (Å²) in [6.07, 6.45) is 1.62. The van der Waals surface area contributed by atoms with Crippen molar-refractivity contribution < 1.29 is 9.66 Å². The van der Waals surface area contributed by atoms with E-state index >= 15 is 0 Å². The molecule has 0 amide bonds. The zero-order valence-electron chi connectivity index (χ0n) is 10.7. The molecule has 0 aliphatic rings. The molecular weight excluding hydrogens is 298 g/mol. The van der Waals surface area contributed by atoms with Crippen LogP contribution in [-0.2, 0) is 6.61 Å². The van der Waals surface area contributed by atoms with Gasteiger partial charge < -0.3 is 4.74 Å². The fraction of sp³-hybridized carbons (Fsp3) is 0.250. The molecule has 0 fully saturated rings.